The van der Waals surface area contributed by atoms with Crippen molar-refractivity contribution in [1.82, 2.24) is 10.2 Å². The Kier molecular flexibility index (Phi) is 11.3. The molecular formula is C31H38BrN3O4S. The van der Waals surface area contributed by atoms with E-state index in [0.29, 0.717) is 18.7 Å². The zero-order valence-corrected chi connectivity index (χ0v) is 26.0. The summed E-state index contributed by atoms with van der Waals surface area (Å²) >= 11 is 3.40. The maximum atomic E-state index is 14.1. The van der Waals surface area contributed by atoms with Gasteiger partial charge in [-0.1, -0.05) is 83.7 Å². The molecule has 1 N–H and O–H groups in total. The molecule has 3 aromatic rings. The first-order valence-electron chi connectivity index (χ1n) is 13.5. The van der Waals surface area contributed by atoms with Crippen molar-refractivity contribution < 1.29 is 18.0 Å². The fraction of sp³-hybridized carbons (Fsp3) is 0.355. The molecule has 0 bridgehead atoms. The molecule has 1 atom stereocenters. The van der Waals surface area contributed by atoms with Gasteiger partial charge in [0.25, 0.3) is 10.0 Å². The average Bonchev–Trinajstić information content (AvgIpc) is 2.92. The summed E-state index contributed by atoms with van der Waals surface area (Å²) in [5.74, 6) is -0.703. The number of anilines is 1. The largest absolute Gasteiger partial charge is 0.354 e. The molecule has 0 aliphatic carbocycles. The van der Waals surface area contributed by atoms with Gasteiger partial charge in [-0.05, 0) is 68.7 Å². The minimum absolute atomic E-state index is 0.0865. The number of nitrogens with zero attached hydrogens (tertiary/aromatic N) is 2. The molecule has 0 aromatic heterocycles. The fourth-order valence-electron chi connectivity index (χ4n) is 4.41. The van der Waals surface area contributed by atoms with Crippen molar-refractivity contribution >= 4 is 43.5 Å². The van der Waals surface area contributed by atoms with Crippen LogP contribution >= 0.6 is 15.9 Å². The normalized spacial score (nSPS) is 12.0. The van der Waals surface area contributed by atoms with Crippen LogP contribution in [0.25, 0.3) is 0 Å². The summed E-state index contributed by atoms with van der Waals surface area (Å²) in [6.07, 6.45) is 2.15. The van der Waals surface area contributed by atoms with Crippen molar-refractivity contribution in [2.75, 3.05) is 17.4 Å². The van der Waals surface area contributed by atoms with Crippen molar-refractivity contribution in [3.05, 3.63) is 94.0 Å². The second-order valence-corrected chi connectivity index (χ2v) is 12.7. The van der Waals surface area contributed by atoms with Gasteiger partial charge in [0, 0.05) is 17.6 Å². The average molecular weight is 629 g/mol. The molecule has 40 heavy (non-hydrogen) atoms. The SMILES string of the molecule is CCCCNC(=O)[C@H](CC)N(Cc1cccc(C)c1)C(=O)CN(c1ccc(Br)cc1)S(=O)(=O)c1ccc(C)cc1. The maximum absolute atomic E-state index is 14.1. The van der Waals surface area contributed by atoms with E-state index in [1.165, 1.54) is 4.90 Å². The highest BCUT2D eigenvalue weighted by Crippen LogP contribution is 2.26. The maximum Gasteiger partial charge on any atom is 0.264 e. The van der Waals surface area contributed by atoms with E-state index >= 15 is 0 Å². The molecule has 0 fully saturated rings. The van der Waals surface area contributed by atoms with Crippen LogP contribution in [0.4, 0.5) is 5.69 Å². The number of sulfonamides is 1. The van der Waals surface area contributed by atoms with Gasteiger partial charge in [-0.15, -0.1) is 0 Å². The molecule has 0 spiro atoms. The van der Waals surface area contributed by atoms with Gasteiger partial charge in [0.15, 0.2) is 0 Å². The van der Waals surface area contributed by atoms with Crippen molar-refractivity contribution in [1.29, 1.82) is 0 Å². The van der Waals surface area contributed by atoms with Gasteiger partial charge in [0.2, 0.25) is 11.8 Å². The van der Waals surface area contributed by atoms with E-state index in [-0.39, 0.29) is 17.3 Å². The first kappa shape index (κ1) is 31.4. The highest BCUT2D eigenvalue weighted by molar-refractivity contribution is 9.10. The highest BCUT2D eigenvalue weighted by atomic mass is 79.9. The van der Waals surface area contributed by atoms with Gasteiger partial charge in [-0.3, -0.25) is 13.9 Å². The Hall–Kier alpha value is -3.17. The van der Waals surface area contributed by atoms with E-state index in [2.05, 4.69) is 21.2 Å². The lowest BCUT2D eigenvalue weighted by atomic mass is 10.1. The number of hydrogen-bond acceptors (Lipinski definition) is 4. The van der Waals surface area contributed by atoms with Gasteiger partial charge in [-0.25, -0.2) is 8.42 Å². The predicted molar refractivity (Wildman–Crippen MR) is 164 cm³/mol. The zero-order chi connectivity index (χ0) is 29.3. The molecule has 0 saturated carbocycles. The Balaban J connectivity index is 2.03. The fourth-order valence-corrected chi connectivity index (χ4v) is 6.08. The molecule has 3 aromatic carbocycles. The van der Waals surface area contributed by atoms with Gasteiger partial charge >= 0.3 is 0 Å². The molecule has 214 valence electrons. The van der Waals surface area contributed by atoms with Crippen LogP contribution in [0.3, 0.4) is 0 Å². The summed E-state index contributed by atoms with van der Waals surface area (Å²) < 4.78 is 29.7. The third-order valence-electron chi connectivity index (χ3n) is 6.65. The van der Waals surface area contributed by atoms with Gasteiger partial charge in [0.05, 0.1) is 10.6 Å². The highest BCUT2D eigenvalue weighted by Gasteiger charge is 2.33. The van der Waals surface area contributed by atoms with Crippen LogP contribution in [0.1, 0.15) is 49.8 Å². The van der Waals surface area contributed by atoms with Crippen LogP contribution in [0, 0.1) is 13.8 Å². The lowest BCUT2D eigenvalue weighted by Gasteiger charge is -2.33. The Morgan fingerprint density at radius 1 is 0.925 bits per heavy atom. The lowest BCUT2D eigenvalue weighted by Crippen LogP contribution is -2.52. The van der Waals surface area contributed by atoms with Gasteiger partial charge in [0.1, 0.15) is 12.6 Å². The number of amides is 2. The number of rotatable bonds is 13. The number of carbonyl (C=O) groups excluding carboxylic acids is 2. The molecule has 0 unspecified atom stereocenters. The Morgan fingerprint density at radius 2 is 1.60 bits per heavy atom. The number of halogens is 1. The first-order chi connectivity index (χ1) is 19.1. The summed E-state index contributed by atoms with van der Waals surface area (Å²) in [6.45, 7) is 7.99. The van der Waals surface area contributed by atoms with Gasteiger partial charge in [-0.2, -0.15) is 0 Å². The summed E-state index contributed by atoms with van der Waals surface area (Å²) in [7, 11) is -4.09. The third-order valence-corrected chi connectivity index (χ3v) is 8.97. The summed E-state index contributed by atoms with van der Waals surface area (Å²) in [6, 6.07) is 20.3. The number of unbranched alkanes of at least 4 members (excludes halogenated alkanes) is 1. The zero-order valence-electron chi connectivity index (χ0n) is 23.6. The Bertz CT molecular complexity index is 1390. The molecule has 0 aliphatic heterocycles. The van der Waals surface area contributed by atoms with E-state index in [9.17, 15) is 18.0 Å². The molecule has 0 aliphatic rings. The van der Waals surface area contributed by atoms with E-state index in [4.69, 9.17) is 0 Å². The lowest BCUT2D eigenvalue weighted by molar-refractivity contribution is -0.140. The first-order valence-corrected chi connectivity index (χ1v) is 15.8. The number of hydrogen-bond donors (Lipinski definition) is 1. The van der Waals surface area contributed by atoms with Crippen LogP contribution in [0.15, 0.2) is 82.2 Å². The molecule has 0 saturated heterocycles. The second-order valence-electron chi connectivity index (χ2n) is 9.88. The minimum atomic E-state index is -4.09. The van der Waals surface area contributed by atoms with E-state index < -0.39 is 28.5 Å². The van der Waals surface area contributed by atoms with Crippen LogP contribution in [-0.4, -0.2) is 44.3 Å². The number of carbonyl (C=O) groups is 2. The van der Waals surface area contributed by atoms with Crippen molar-refractivity contribution in [3.8, 4) is 0 Å². The standard InChI is InChI=1S/C31H38BrN3O4S/c1-5-7-19-33-31(37)29(6-2)34(21-25-10-8-9-24(4)20-25)30(36)22-35(27-15-13-26(32)14-16-27)40(38,39)28-17-11-23(3)12-18-28/h8-18,20,29H,5-7,19,21-22H2,1-4H3,(H,33,37)/t29-/m0/s1. The third kappa shape index (κ3) is 8.17. The minimum Gasteiger partial charge on any atom is -0.354 e. The molecule has 2 amide bonds. The van der Waals surface area contributed by atoms with E-state index in [0.717, 1.165) is 38.3 Å². The van der Waals surface area contributed by atoms with Crippen LogP contribution in [-0.2, 0) is 26.2 Å². The second kappa shape index (κ2) is 14.5. The molecule has 3 rings (SSSR count). The van der Waals surface area contributed by atoms with Crippen LogP contribution in [0.5, 0.6) is 0 Å². The summed E-state index contributed by atoms with van der Waals surface area (Å²) in [5.41, 5.74) is 3.18. The van der Waals surface area contributed by atoms with Crippen molar-refractivity contribution in [2.24, 2.45) is 0 Å². The number of aryl methyl sites for hydroxylation is 2. The van der Waals surface area contributed by atoms with Gasteiger partial charge < -0.3 is 10.2 Å². The van der Waals surface area contributed by atoms with Crippen LogP contribution in [0.2, 0.25) is 0 Å². The summed E-state index contributed by atoms with van der Waals surface area (Å²) in [4.78, 5) is 28.9. The molecular weight excluding hydrogens is 590 g/mol. The van der Waals surface area contributed by atoms with Crippen molar-refractivity contribution in [2.45, 2.75) is 64.4 Å². The van der Waals surface area contributed by atoms with E-state index in [1.54, 1.807) is 48.5 Å². The van der Waals surface area contributed by atoms with Crippen molar-refractivity contribution in [3.63, 3.8) is 0 Å². The van der Waals surface area contributed by atoms with E-state index in [1.807, 2.05) is 52.0 Å². The molecule has 9 heteroatoms. The topological polar surface area (TPSA) is 86.8 Å². The Morgan fingerprint density at radius 3 is 2.20 bits per heavy atom. The Labute approximate surface area is 246 Å². The molecule has 0 radical (unpaired) electrons. The number of nitrogens with one attached hydrogen (secondary N) is 1. The monoisotopic (exact) mass is 627 g/mol. The predicted octanol–water partition coefficient (Wildman–Crippen LogP) is 5.98. The number of benzene rings is 3. The molecule has 0 heterocycles. The molecule has 7 nitrogen and oxygen atoms in total. The quantitative estimate of drug-likeness (QED) is 0.236. The summed E-state index contributed by atoms with van der Waals surface area (Å²) in [5, 5.41) is 2.95. The smallest absolute Gasteiger partial charge is 0.264 e. The van der Waals surface area contributed by atoms with Crippen LogP contribution < -0.4 is 9.62 Å².